The van der Waals surface area contributed by atoms with Crippen LogP contribution in [0.3, 0.4) is 0 Å². The van der Waals surface area contributed by atoms with E-state index < -0.39 is 18.9 Å². The van der Waals surface area contributed by atoms with E-state index in [9.17, 15) is 17.6 Å². The molecule has 0 saturated carbocycles. The molecule has 1 nitrogen and oxygen atoms in total. The quantitative estimate of drug-likeness (QED) is 0.821. The summed E-state index contributed by atoms with van der Waals surface area (Å²) in [5, 5.41) is 4.09. The van der Waals surface area contributed by atoms with Gasteiger partial charge in [-0.2, -0.15) is 8.78 Å². The SMILES string of the molecule is FC(F)C(F)(F)CNCc1cc(Br)cs1. The van der Waals surface area contributed by atoms with E-state index in [1.165, 1.54) is 11.3 Å². The smallest absolute Gasteiger partial charge is 0.306 e. The summed E-state index contributed by atoms with van der Waals surface area (Å²) in [6, 6.07) is 1.75. The van der Waals surface area contributed by atoms with Crippen molar-refractivity contribution in [3.8, 4) is 0 Å². The van der Waals surface area contributed by atoms with E-state index in [1.54, 1.807) is 11.4 Å². The molecule has 0 spiro atoms. The molecule has 0 aliphatic rings. The van der Waals surface area contributed by atoms with E-state index in [4.69, 9.17) is 0 Å². The van der Waals surface area contributed by atoms with Gasteiger partial charge in [0.2, 0.25) is 0 Å². The Morgan fingerprint density at radius 1 is 1.47 bits per heavy atom. The average Bonchev–Trinajstić information content (AvgIpc) is 2.51. The highest BCUT2D eigenvalue weighted by Crippen LogP contribution is 2.22. The number of hydrogen-bond acceptors (Lipinski definition) is 2. The normalized spacial score (nSPS) is 12.4. The van der Waals surface area contributed by atoms with Crippen LogP contribution in [-0.2, 0) is 6.54 Å². The zero-order valence-electron chi connectivity index (χ0n) is 7.44. The first kappa shape index (κ1) is 12.9. The van der Waals surface area contributed by atoms with Gasteiger partial charge in [-0.05, 0) is 22.0 Å². The molecule has 0 radical (unpaired) electrons. The molecule has 86 valence electrons. The highest BCUT2D eigenvalue weighted by Gasteiger charge is 2.39. The molecule has 0 aliphatic carbocycles. The molecule has 0 fully saturated rings. The lowest BCUT2D eigenvalue weighted by molar-refractivity contribution is -0.125. The minimum atomic E-state index is -3.96. The summed E-state index contributed by atoms with van der Waals surface area (Å²) in [6.07, 6.45) is -3.62. The Hall–Kier alpha value is -0.140. The number of hydrogen-bond donors (Lipinski definition) is 1. The monoisotopic (exact) mass is 305 g/mol. The molecule has 1 aromatic heterocycles. The maximum absolute atomic E-state index is 12.4. The number of alkyl halides is 4. The van der Waals surface area contributed by atoms with E-state index in [-0.39, 0.29) is 6.54 Å². The summed E-state index contributed by atoms with van der Waals surface area (Å²) >= 11 is 4.57. The molecule has 1 N–H and O–H groups in total. The number of halogens is 5. The van der Waals surface area contributed by atoms with Gasteiger partial charge >= 0.3 is 12.3 Å². The van der Waals surface area contributed by atoms with Gasteiger partial charge in [-0.25, -0.2) is 8.78 Å². The molecule has 0 aliphatic heterocycles. The van der Waals surface area contributed by atoms with Crippen LogP contribution >= 0.6 is 27.3 Å². The summed E-state index contributed by atoms with van der Waals surface area (Å²) in [5.41, 5.74) is 0. The second-order valence-electron chi connectivity index (χ2n) is 2.90. The summed E-state index contributed by atoms with van der Waals surface area (Å²) in [5.74, 6) is -3.96. The van der Waals surface area contributed by atoms with E-state index in [0.717, 1.165) is 9.35 Å². The third-order valence-corrected chi connectivity index (χ3v) is 3.30. The highest BCUT2D eigenvalue weighted by atomic mass is 79.9. The van der Waals surface area contributed by atoms with Crippen LogP contribution in [0.25, 0.3) is 0 Å². The molecule has 0 unspecified atom stereocenters. The first-order valence-corrected chi connectivity index (χ1v) is 5.68. The molecule has 1 rings (SSSR count). The molecular formula is C8H8BrF4NS. The molecule has 0 atom stereocenters. The third kappa shape index (κ3) is 4.08. The average molecular weight is 306 g/mol. The second kappa shape index (κ2) is 5.27. The first-order chi connectivity index (χ1) is 6.92. The Morgan fingerprint density at radius 3 is 2.60 bits per heavy atom. The van der Waals surface area contributed by atoms with Crippen LogP contribution in [0.15, 0.2) is 15.9 Å². The Bertz CT molecular complexity index is 315. The largest absolute Gasteiger partial charge is 0.319 e. The molecular weight excluding hydrogens is 298 g/mol. The Labute approximate surface area is 96.6 Å². The van der Waals surface area contributed by atoms with Crippen molar-refractivity contribution in [3.63, 3.8) is 0 Å². The first-order valence-electron chi connectivity index (χ1n) is 4.01. The molecule has 15 heavy (non-hydrogen) atoms. The molecule has 7 heteroatoms. The predicted octanol–water partition coefficient (Wildman–Crippen LogP) is 3.50. The molecule has 1 heterocycles. The maximum Gasteiger partial charge on any atom is 0.319 e. The summed E-state index contributed by atoms with van der Waals surface area (Å²) < 4.78 is 49.2. The van der Waals surface area contributed by atoms with Crippen molar-refractivity contribution in [2.24, 2.45) is 0 Å². The molecule has 0 aromatic carbocycles. The van der Waals surface area contributed by atoms with Crippen LogP contribution in [0.4, 0.5) is 17.6 Å². The van der Waals surface area contributed by atoms with Crippen LogP contribution in [0.5, 0.6) is 0 Å². The number of thiophene rings is 1. The fraction of sp³-hybridized carbons (Fsp3) is 0.500. The van der Waals surface area contributed by atoms with E-state index in [1.807, 2.05) is 0 Å². The van der Waals surface area contributed by atoms with Crippen molar-refractivity contribution in [2.75, 3.05) is 6.54 Å². The highest BCUT2D eigenvalue weighted by molar-refractivity contribution is 9.10. The lowest BCUT2D eigenvalue weighted by atomic mass is 10.3. The molecule has 0 amide bonds. The molecule has 0 saturated heterocycles. The predicted molar refractivity (Wildman–Crippen MR) is 54.7 cm³/mol. The van der Waals surface area contributed by atoms with Crippen molar-refractivity contribution in [3.05, 3.63) is 20.8 Å². The Balaban J connectivity index is 2.33. The van der Waals surface area contributed by atoms with Gasteiger partial charge in [-0.1, -0.05) is 0 Å². The van der Waals surface area contributed by atoms with Gasteiger partial charge in [-0.15, -0.1) is 11.3 Å². The summed E-state index contributed by atoms with van der Waals surface area (Å²) in [6.45, 7) is -0.848. The van der Waals surface area contributed by atoms with Crippen LogP contribution in [0.1, 0.15) is 4.88 Å². The van der Waals surface area contributed by atoms with Crippen molar-refractivity contribution < 1.29 is 17.6 Å². The second-order valence-corrected chi connectivity index (χ2v) is 4.81. The minimum Gasteiger partial charge on any atom is -0.306 e. The van der Waals surface area contributed by atoms with Gasteiger partial charge in [0.15, 0.2) is 0 Å². The number of rotatable bonds is 5. The van der Waals surface area contributed by atoms with Gasteiger partial charge in [0, 0.05) is 21.3 Å². The summed E-state index contributed by atoms with van der Waals surface area (Å²) in [7, 11) is 0. The zero-order valence-corrected chi connectivity index (χ0v) is 9.85. The van der Waals surface area contributed by atoms with Gasteiger partial charge in [-0.3, -0.25) is 0 Å². The van der Waals surface area contributed by atoms with E-state index >= 15 is 0 Å². The van der Waals surface area contributed by atoms with Crippen molar-refractivity contribution in [2.45, 2.75) is 18.9 Å². The lowest BCUT2D eigenvalue weighted by Crippen LogP contribution is -2.38. The fourth-order valence-corrected chi connectivity index (χ4v) is 2.30. The number of nitrogens with one attached hydrogen (secondary N) is 1. The summed E-state index contributed by atoms with van der Waals surface area (Å²) in [4.78, 5) is 0.812. The van der Waals surface area contributed by atoms with Crippen LogP contribution in [0.2, 0.25) is 0 Å². The van der Waals surface area contributed by atoms with Crippen molar-refractivity contribution in [1.29, 1.82) is 0 Å². The molecule has 0 bridgehead atoms. The molecule has 1 aromatic rings. The minimum absolute atomic E-state index is 0.165. The van der Waals surface area contributed by atoms with E-state index in [0.29, 0.717) is 0 Å². The van der Waals surface area contributed by atoms with Gasteiger partial charge in [0.25, 0.3) is 0 Å². The third-order valence-electron chi connectivity index (χ3n) is 1.60. The van der Waals surface area contributed by atoms with Gasteiger partial charge < -0.3 is 5.32 Å². The zero-order chi connectivity index (χ0) is 11.5. The van der Waals surface area contributed by atoms with Crippen LogP contribution < -0.4 is 5.32 Å². The topological polar surface area (TPSA) is 12.0 Å². The van der Waals surface area contributed by atoms with Crippen molar-refractivity contribution in [1.82, 2.24) is 5.32 Å². The van der Waals surface area contributed by atoms with Crippen molar-refractivity contribution >= 4 is 27.3 Å². The maximum atomic E-state index is 12.4. The standard InChI is InChI=1S/C8H8BrF4NS/c9-5-1-6(15-3-5)2-14-4-8(12,13)7(10)11/h1,3,7,14H,2,4H2. The van der Waals surface area contributed by atoms with Crippen LogP contribution in [-0.4, -0.2) is 18.9 Å². The Morgan fingerprint density at radius 2 is 2.13 bits per heavy atom. The lowest BCUT2D eigenvalue weighted by Gasteiger charge is -2.15. The Kier molecular flexibility index (Phi) is 4.54. The fourth-order valence-electron chi connectivity index (χ4n) is 0.876. The van der Waals surface area contributed by atoms with E-state index in [2.05, 4.69) is 21.2 Å². The van der Waals surface area contributed by atoms with Gasteiger partial charge in [0.05, 0.1) is 6.54 Å². The van der Waals surface area contributed by atoms with Gasteiger partial charge in [0.1, 0.15) is 0 Å². The van der Waals surface area contributed by atoms with Crippen LogP contribution in [0, 0.1) is 0 Å².